The van der Waals surface area contributed by atoms with Crippen LogP contribution in [-0.2, 0) is 14.3 Å². The quantitative estimate of drug-likeness (QED) is 0.841. The zero-order valence-corrected chi connectivity index (χ0v) is 13.5. The van der Waals surface area contributed by atoms with Crippen LogP contribution in [0.25, 0.3) is 0 Å². The van der Waals surface area contributed by atoms with Gasteiger partial charge in [-0.1, -0.05) is 0 Å². The summed E-state index contributed by atoms with van der Waals surface area (Å²) >= 11 is 0. The molecule has 1 heterocycles. The molecule has 1 aliphatic heterocycles. The second kappa shape index (κ2) is 7.76. The second-order valence-electron chi connectivity index (χ2n) is 5.70. The molecule has 1 atom stereocenters. The lowest BCUT2D eigenvalue weighted by Crippen LogP contribution is -2.35. The number of esters is 1. The molecule has 1 unspecified atom stereocenters. The van der Waals surface area contributed by atoms with Crippen molar-refractivity contribution in [2.24, 2.45) is 0 Å². The van der Waals surface area contributed by atoms with E-state index in [9.17, 15) is 14.4 Å². The Balaban J connectivity index is 1.97. The highest BCUT2D eigenvalue weighted by molar-refractivity contribution is 5.97. The van der Waals surface area contributed by atoms with Gasteiger partial charge in [0.1, 0.15) is 0 Å². The van der Waals surface area contributed by atoms with Crippen molar-refractivity contribution in [2.75, 3.05) is 18.6 Å². The minimum Gasteiger partial charge on any atom is -0.469 e. The van der Waals surface area contributed by atoms with Crippen molar-refractivity contribution in [3.8, 4) is 0 Å². The Labute approximate surface area is 135 Å². The number of hydrogen-bond donors (Lipinski definition) is 1. The van der Waals surface area contributed by atoms with Crippen LogP contribution in [-0.4, -0.2) is 37.5 Å². The SMILES string of the molecule is COC(=O)CC(C)NC(=O)c1ccc(N2CCCCC2=O)cc1. The van der Waals surface area contributed by atoms with E-state index in [4.69, 9.17) is 0 Å². The van der Waals surface area contributed by atoms with E-state index in [-0.39, 0.29) is 30.2 Å². The predicted molar refractivity (Wildman–Crippen MR) is 86.2 cm³/mol. The molecular weight excluding hydrogens is 296 g/mol. The molecule has 124 valence electrons. The maximum atomic E-state index is 12.1. The standard InChI is InChI=1S/C17H22N2O4/c1-12(11-16(21)23-2)18-17(22)13-6-8-14(9-7-13)19-10-4-3-5-15(19)20/h6-9,12H,3-5,10-11H2,1-2H3,(H,18,22). The summed E-state index contributed by atoms with van der Waals surface area (Å²) in [4.78, 5) is 37.0. The summed E-state index contributed by atoms with van der Waals surface area (Å²) in [5.41, 5.74) is 1.31. The van der Waals surface area contributed by atoms with Crippen LogP contribution in [0.3, 0.4) is 0 Å². The zero-order chi connectivity index (χ0) is 16.8. The van der Waals surface area contributed by atoms with E-state index in [0.717, 1.165) is 25.1 Å². The largest absolute Gasteiger partial charge is 0.469 e. The van der Waals surface area contributed by atoms with Crippen LogP contribution in [0.2, 0.25) is 0 Å². The van der Waals surface area contributed by atoms with Gasteiger partial charge in [-0.3, -0.25) is 14.4 Å². The Morgan fingerprint density at radius 1 is 1.26 bits per heavy atom. The molecule has 1 aromatic carbocycles. The van der Waals surface area contributed by atoms with Crippen molar-refractivity contribution in [3.05, 3.63) is 29.8 Å². The summed E-state index contributed by atoms with van der Waals surface area (Å²) in [5, 5.41) is 2.75. The first-order chi connectivity index (χ1) is 11.0. The van der Waals surface area contributed by atoms with Gasteiger partial charge in [-0.2, -0.15) is 0 Å². The molecule has 0 bridgehead atoms. The van der Waals surface area contributed by atoms with Crippen molar-refractivity contribution in [1.29, 1.82) is 0 Å². The van der Waals surface area contributed by atoms with Crippen LogP contribution in [0.4, 0.5) is 5.69 Å². The zero-order valence-electron chi connectivity index (χ0n) is 13.5. The average Bonchev–Trinajstić information content (AvgIpc) is 2.55. The first kappa shape index (κ1) is 17.0. The fourth-order valence-electron chi connectivity index (χ4n) is 2.56. The number of ether oxygens (including phenoxy) is 1. The van der Waals surface area contributed by atoms with Gasteiger partial charge in [-0.05, 0) is 44.0 Å². The van der Waals surface area contributed by atoms with Gasteiger partial charge in [-0.15, -0.1) is 0 Å². The number of benzene rings is 1. The molecule has 6 nitrogen and oxygen atoms in total. The number of methoxy groups -OCH3 is 1. The fourth-order valence-corrected chi connectivity index (χ4v) is 2.56. The Kier molecular flexibility index (Phi) is 5.73. The molecule has 0 aromatic heterocycles. The summed E-state index contributed by atoms with van der Waals surface area (Å²) in [6.07, 6.45) is 2.64. The lowest BCUT2D eigenvalue weighted by molar-refractivity contribution is -0.141. The number of piperidine rings is 1. The predicted octanol–water partition coefficient (Wildman–Crippen LogP) is 1.88. The molecule has 2 amide bonds. The number of carbonyl (C=O) groups excluding carboxylic acids is 3. The van der Waals surface area contributed by atoms with Gasteiger partial charge >= 0.3 is 5.97 Å². The highest BCUT2D eigenvalue weighted by Gasteiger charge is 2.20. The lowest BCUT2D eigenvalue weighted by Gasteiger charge is -2.26. The number of nitrogens with one attached hydrogen (secondary N) is 1. The molecule has 1 fully saturated rings. The van der Waals surface area contributed by atoms with E-state index in [0.29, 0.717) is 12.0 Å². The third-order valence-electron chi connectivity index (χ3n) is 3.84. The molecule has 6 heteroatoms. The van der Waals surface area contributed by atoms with Gasteiger partial charge in [0.15, 0.2) is 0 Å². The average molecular weight is 318 g/mol. The highest BCUT2D eigenvalue weighted by Crippen LogP contribution is 2.21. The maximum absolute atomic E-state index is 12.1. The molecule has 1 aliphatic rings. The molecule has 0 radical (unpaired) electrons. The van der Waals surface area contributed by atoms with Crippen LogP contribution in [0.15, 0.2) is 24.3 Å². The molecule has 1 N–H and O–H groups in total. The second-order valence-corrected chi connectivity index (χ2v) is 5.70. The molecule has 0 aliphatic carbocycles. The summed E-state index contributed by atoms with van der Waals surface area (Å²) in [7, 11) is 1.32. The third kappa shape index (κ3) is 4.55. The van der Waals surface area contributed by atoms with Gasteiger partial charge < -0.3 is 15.0 Å². The van der Waals surface area contributed by atoms with Crippen molar-refractivity contribution in [3.63, 3.8) is 0 Å². The van der Waals surface area contributed by atoms with Gasteiger partial charge in [-0.25, -0.2) is 0 Å². The maximum Gasteiger partial charge on any atom is 0.307 e. The van der Waals surface area contributed by atoms with Crippen LogP contribution < -0.4 is 10.2 Å². The summed E-state index contributed by atoms with van der Waals surface area (Å²) in [6, 6.07) is 6.64. The van der Waals surface area contributed by atoms with E-state index in [1.54, 1.807) is 36.1 Å². The smallest absolute Gasteiger partial charge is 0.307 e. The first-order valence-corrected chi connectivity index (χ1v) is 7.79. The van der Waals surface area contributed by atoms with E-state index < -0.39 is 0 Å². The number of carbonyl (C=O) groups is 3. The van der Waals surface area contributed by atoms with Crippen LogP contribution in [0.1, 0.15) is 43.0 Å². The summed E-state index contributed by atoms with van der Waals surface area (Å²) in [5.74, 6) is -0.491. The number of anilines is 1. The number of amides is 2. The van der Waals surface area contributed by atoms with E-state index in [1.165, 1.54) is 7.11 Å². The van der Waals surface area contributed by atoms with Crippen LogP contribution in [0, 0.1) is 0 Å². The van der Waals surface area contributed by atoms with Crippen molar-refractivity contribution < 1.29 is 19.1 Å². The summed E-state index contributed by atoms with van der Waals surface area (Å²) < 4.78 is 4.57. The summed E-state index contributed by atoms with van der Waals surface area (Å²) in [6.45, 7) is 2.47. The van der Waals surface area contributed by atoms with Gasteiger partial charge in [0.05, 0.1) is 13.5 Å². The van der Waals surface area contributed by atoms with Gasteiger partial charge in [0.25, 0.3) is 5.91 Å². The number of hydrogen-bond acceptors (Lipinski definition) is 4. The van der Waals surface area contributed by atoms with Crippen molar-refractivity contribution >= 4 is 23.5 Å². The van der Waals surface area contributed by atoms with Crippen LogP contribution >= 0.6 is 0 Å². The Morgan fingerprint density at radius 2 is 1.96 bits per heavy atom. The molecule has 2 rings (SSSR count). The normalized spacial score (nSPS) is 15.9. The Bertz CT molecular complexity index is 583. The lowest BCUT2D eigenvalue weighted by atomic mass is 10.1. The molecule has 23 heavy (non-hydrogen) atoms. The first-order valence-electron chi connectivity index (χ1n) is 7.79. The molecular formula is C17H22N2O4. The van der Waals surface area contributed by atoms with E-state index in [1.807, 2.05) is 0 Å². The minimum absolute atomic E-state index is 0.125. The topological polar surface area (TPSA) is 75.7 Å². The fraction of sp³-hybridized carbons (Fsp3) is 0.471. The monoisotopic (exact) mass is 318 g/mol. The highest BCUT2D eigenvalue weighted by atomic mass is 16.5. The molecule has 1 aromatic rings. The van der Waals surface area contributed by atoms with Gasteiger partial charge in [0, 0.05) is 30.3 Å². The third-order valence-corrected chi connectivity index (χ3v) is 3.84. The Morgan fingerprint density at radius 3 is 2.57 bits per heavy atom. The molecule has 0 spiro atoms. The van der Waals surface area contributed by atoms with E-state index in [2.05, 4.69) is 10.1 Å². The molecule has 1 saturated heterocycles. The van der Waals surface area contributed by atoms with E-state index >= 15 is 0 Å². The Hall–Kier alpha value is -2.37. The number of nitrogens with zero attached hydrogens (tertiary/aromatic N) is 1. The van der Waals surface area contributed by atoms with Gasteiger partial charge in [0.2, 0.25) is 5.91 Å². The van der Waals surface area contributed by atoms with Crippen molar-refractivity contribution in [2.45, 2.75) is 38.6 Å². The van der Waals surface area contributed by atoms with Crippen LogP contribution in [0.5, 0.6) is 0 Å². The minimum atomic E-state index is -0.364. The van der Waals surface area contributed by atoms with Crippen molar-refractivity contribution in [1.82, 2.24) is 5.32 Å². The molecule has 0 saturated carbocycles. The number of rotatable bonds is 5.